The number of hydrogen-bond acceptors (Lipinski definition) is 5. The summed E-state index contributed by atoms with van der Waals surface area (Å²) in [5.41, 5.74) is 1.46. The molecule has 2 aromatic heterocycles. The van der Waals surface area contributed by atoms with Crippen LogP contribution >= 0.6 is 0 Å². The van der Waals surface area contributed by atoms with Crippen molar-refractivity contribution < 1.29 is 13.2 Å². The Bertz CT molecular complexity index is 669. The maximum Gasteiger partial charge on any atom is 0.389 e. The van der Waals surface area contributed by atoms with Crippen molar-refractivity contribution in [1.29, 1.82) is 0 Å². The topological polar surface area (TPSA) is 45.2 Å². The number of aromatic nitrogens is 3. The highest BCUT2D eigenvalue weighted by atomic mass is 19.4. The maximum absolute atomic E-state index is 12.4. The first kappa shape index (κ1) is 17.6. The fourth-order valence-electron chi connectivity index (χ4n) is 2.77. The Balaban J connectivity index is 1.54. The van der Waals surface area contributed by atoms with E-state index >= 15 is 0 Å². The lowest BCUT2D eigenvalue weighted by Gasteiger charge is -2.34. The molecule has 0 aliphatic carbocycles. The van der Waals surface area contributed by atoms with Crippen LogP contribution in [-0.4, -0.2) is 52.2 Å². The number of anilines is 1. The Morgan fingerprint density at radius 1 is 0.920 bits per heavy atom. The van der Waals surface area contributed by atoms with Gasteiger partial charge >= 0.3 is 6.18 Å². The van der Waals surface area contributed by atoms with Crippen LogP contribution in [0.1, 0.15) is 17.8 Å². The summed E-state index contributed by atoms with van der Waals surface area (Å²) in [6, 6.07) is 7.41. The van der Waals surface area contributed by atoms with E-state index in [4.69, 9.17) is 0 Å². The van der Waals surface area contributed by atoms with E-state index in [9.17, 15) is 13.2 Å². The van der Waals surface area contributed by atoms with Crippen molar-refractivity contribution in [1.82, 2.24) is 19.9 Å². The predicted octanol–water partition coefficient (Wildman–Crippen LogP) is 2.69. The Morgan fingerprint density at radius 3 is 2.40 bits per heavy atom. The number of hydrogen-bond donors (Lipinski definition) is 0. The number of nitrogens with zero attached hydrogens (tertiary/aromatic N) is 5. The van der Waals surface area contributed by atoms with Gasteiger partial charge in [-0.1, -0.05) is 6.07 Å². The lowest BCUT2D eigenvalue weighted by atomic mass is 10.2. The van der Waals surface area contributed by atoms with Gasteiger partial charge in [-0.15, -0.1) is 0 Å². The first-order valence-electron chi connectivity index (χ1n) is 8.25. The van der Waals surface area contributed by atoms with Gasteiger partial charge in [0, 0.05) is 57.2 Å². The minimum Gasteiger partial charge on any atom is -0.338 e. The molecule has 8 heteroatoms. The minimum atomic E-state index is -4.16. The van der Waals surface area contributed by atoms with Crippen LogP contribution in [0.15, 0.2) is 36.7 Å². The molecule has 0 amide bonds. The summed E-state index contributed by atoms with van der Waals surface area (Å²) in [6.07, 6.45) is -1.82. The molecule has 3 heterocycles. The first-order valence-corrected chi connectivity index (χ1v) is 8.25. The van der Waals surface area contributed by atoms with E-state index in [-0.39, 0.29) is 6.42 Å². The van der Waals surface area contributed by atoms with Gasteiger partial charge in [0.25, 0.3) is 0 Å². The summed E-state index contributed by atoms with van der Waals surface area (Å²) in [4.78, 5) is 17.2. The average Bonchev–Trinajstić information content (AvgIpc) is 2.61. The van der Waals surface area contributed by atoms with Crippen LogP contribution in [-0.2, 0) is 13.0 Å². The smallest absolute Gasteiger partial charge is 0.338 e. The summed E-state index contributed by atoms with van der Waals surface area (Å²) in [6.45, 7) is 3.96. The molecule has 1 fully saturated rings. The van der Waals surface area contributed by atoms with Crippen molar-refractivity contribution in [2.24, 2.45) is 0 Å². The van der Waals surface area contributed by atoms with Crippen LogP contribution in [0.5, 0.6) is 0 Å². The SMILES string of the molecule is FC(F)(F)CCc1ccnc(N2CCN(Cc3ccccn3)CC2)n1. The molecule has 0 spiro atoms. The summed E-state index contributed by atoms with van der Waals surface area (Å²) >= 11 is 0. The molecule has 25 heavy (non-hydrogen) atoms. The summed E-state index contributed by atoms with van der Waals surface area (Å²) in [7, 11) is 0. The highest BCUT2D eigenvalue weighted by molar-refractivity contribution is 5.31. The monoisotopic (exact) mass is 351 g/mol. The molecule has 0 aromatic carbocycles. The highest BCUT2D eigenvalue weighted by Gasteiger charge is 2.27. The average molecular weight is 351 g/mol. The molecule has 0 unspecified atom stereocenters. The lowest BCUT2D eigenvalue weighted by Crippen LogP contribution is -2.46. The molecule has 1 aliphatic rings. The van der Waals surface area contributed by atoms with E-state index in [1.807, 2.05) is 23.1 Å². The summed E-state index contributed by atoms with van der Waals surface area (Å²) < 4.78 is 37.1. The third-order valence-electron chi connectivity index (χ3n) is 4.13. The van der Waals surface area contributed by atoms with Gasteiger partial charge in [0.1, 0.15) is 0 Å². The molecular weight excluding hydrogens is 331 g/mol. The molecule has 134 valence electrons. The summed E-state index contributed by atoms with van der Waals surface area (Å²) in [5, 5.41) is 0. The second-order valence-electron chi connectivity index (χ2n) is 6.05. The standard InChI is InChI=1S/C17H20F3N5/c18-17(19,20)6-4-14-5-8-22-16(23-14)25-11-9-24(10-12-25)13-15-3-1-2-7-21-15/h1-3,5,7-8H,4,6,9-13H2. The van der Waals surface area contributed by atoms with Crippen molar-refractivity contribution in [2.45, 2.75) is 25.6 Å². The van der Waals surface area contributed by atoms with Crippen molar-refractivity contribution >= 4 is 5.95 Å². The Labute approximate surface area is 144 Å². The fourth-order valence-corrected chi connectivity index (χ4v) is 2.77. The van der Waals surface area contributed by atoms with E-state index < -0.39 is 12.6 Å². The quantitative estimate of drug-likeness (QED) is 0.829. The van der Waals surface area contributed by atoms with Crippen molar-refractivity contribution in [2.75, 3.05) is 31.1 Å². The highest BCUT2D eigenvalue weighted by Crippen LogP contribution is 2.22. The molecule has 0 saturated carbocycles. The van der Waals surface area contributed by atoms with Crippen LogP contribution in [0.2, 0.25) is 0 Å². The molecule has 0 radical (unpaired) electrons. The van der Waals surface area contributed by atoms with E-state index in [1.165, 1.54) is 6.20 Å². The van der Waals surface area contributed by atoms with E-state index in [1.54, 1.807) is 12.3 Å². The number of halogens is 3. The van der Waals surface area contributed by atoms with Crippen molar-refractivity contribution in [3.8, 4) is 0 Å². The van der Waals surface area contributed by atoms with Gasteiger partial charge in [0.15, 0.2) is 0 Å². The Hall–Kier alpha value is -2.22. The van der Waals surface area contributed by atoms with Gasteiger partial charge in [-0.3, -0.25) is 9.88 Å². The fraction of sp³-hybridized carbons (Fsp3) is 0.471. The number of pyridine rings is 1. The maximum atomic E-state index is 12.4. The van der Waals surface area contributed by atoms with Crippen molar-refractivity contribution in [3.05, 3.63) is 48.0 Å². The number of aryl methyl sites for hydroxylation is 1. The molecule has 1 saturated heterocycles. The zero-order valence-corrected chi connectivity index (χ0v) is 13.8. The van der Waals surface area contributed by atoms with E-state index in [0.29, 0.717) is 11.6 Å². The van der Waals surface area contributed by atoms with Gasteiger partial charge in [-0.2, -0.15) is 13.2 Å². The molecule has 0 atom stereocenters. The molecule has 2 aromatic rings. The van der Waals surface area contributed by atoms with Gasteiger partial charge < -0.3 is 4.90 Å². The third kappa shape index (κ3) is 5.38. The van der Waals surface area contributed by atoms with Gasteiger partial charge in [-0.05, 0) is 24.6 Å². The second-order valence-corrected chi connectivity index (χ2v) is 6.05. The zero-order valence-electron chi connectivity index (χ0n) is 13.8. The zero-order chi connectivity index (χ0) is 17.7. The lowest BCUT2D eigenvalue weighted by molar-refractivity contribution is -0.134. The number of rotatable bonds is 5. The van der Waals surface area contributed by atoms with Crippen LogP contribution in [0.25, 0.3) is 0 Å². The first-order chi connectivity index (χ1) is 12.0. The number of piperazine rings is 1. The van der Waals surface area contributed by atoms with Gasteiger partial charge in [0.05, 0.1) is 5.69 Å². The van der Waals surface area contributed by atoms with Gasteiger partial charge in [-0.25, -0.2) is 9.97 Å². The molecule has 3 rings (SSSR count). The predicted molar refractivity (Wildman–Crippen MR) is 88.1 cm³/mol. The molecule has 0 N–H and O–H groups in total. The molecular formula is C17H20F3N5. The Morgan fingerprint density at radius 2 is 1.72 bits per heavy atom. The van der Waals surface area contributed by atoms with E-state index in [2.05, 4.69) is 19.9 Å². The second kappa shape index (κ2) is 7.77. The third-order valence-corrected chi connectivity index (χ3v) is 4.13. The Kier molecular flexibility index (Phi) is 5.47. The van der Waals surface area contributed by atoms with E-state index in [0.717, 1.165) is 38.4 Å². The van der Waals surface area contributed by atoms with Crippen LogP contribution in [0.3, 0.4) is 0 Å². The molecule has 1 aliphatic heterocycles. The van der Waals surface area contributed by atoms with Gasteiger partial charge in [0.2, 0.25) is 5.95 Å². The largest absolute Gasteiger partial charge is 0.389 e. The molecule has 0 bridgehead atoms. The van der Waals surface area contributed by atoms with Crippen molar-refractivity contribution in [3.63, 3.8) is 0 Å². The minimum absolute atomic E-state index is 0.112. The normalized spacial score (nSPS) is 16.2. The van der Waals surface area contributed by atoms with Crippen LogP contribution in [0.4, 0.5) is 19.1 Å². The van der Waals surface area contributed by atoms with Crippen LogP contribution < -0.4 is 4.90 Å². The van der Waals surface area contributed by atoms with Crippen LogP contribution in [0, 0.1) is 0 Å². The summed E-state index contributed by atoms with van der Waals surface area (Å²) in [5.74, 6) is 0.511. The number of alkyl halides is 3. The molecule has 5 nitrogen and oxygen atoms in total.